The lowest BCUT2D eigenvalue weighted by molar-refractivity contribution is 0.0934. The fraction of sp³-hybridized carbons (Fsp3) is 0.500. The number of nitrogens with zero attached hydrogens (tertiary/aromatic N) is 2. The second-order valence-corrected chi connectivity index (χ2v) is 7.34. The Kier molecular flexibility index (Phi) is 5.31. The molecule has 8 heteroatoms. The molecule has 1 aromatic rings. The summed E-state index contributed by atoms with van der Waals surface area (Å²) < 4.78 is 31.5. The summed E-state index contributed by atoms with van der Waals surface area (Å²) in [6, 6.07) is 4.86. The second kappa shape index (κ2) is 6.85. The van der Waals surface area contributed by atoms with Crippen LogP contribution in [0.2, 0.25) is 5.02 Å². The lowest BCUT2D eigenvalue weighted by Gasteiger charge is -2.33. The Morgan fingerprint density at radius 1 is 1.27 bits per heavy atom. The number of carbonyl (C=O) groups excluding carboxylic acids is 1. The molecule has 0 radical (unpaired) electrons. The molecule has 1 heterocycles. The number of aryl methyl sites for hydroxylation is 1. The van der Waals surface area contributed by atoms with Gasteiger partial charge in [-0.25, -0.2) is 13.2 Å². The maximum Gasteiger partial charge on any atom is 0.409 e. The van der Waals surface area contributed by atoms with Crippen LogP contribution in [0.4, 0.5) is 4.79 Å². The Morgan fingerprint density at radius 3 is 2.45 bits per heavy atom. The van der Waals surface area contributed by atoms with Crippen molar-refractivity contribution in [2.24, 2.45) is 0 Å². The van der Waals surface area contributed by atoms with E-state index in [1.54, 1.807) is 19.1 Å². The fourth-order valence-corrected chi connectivity index (χ4v) is 4.28. The normalized spacial score (nSPS) is 16.6. The van der Waals surface area contributed by atoms with E-state index in [0.717, 1.165) is 5.56 Å². The van der Waals surface area contributed by atoms with Crippen molar-refractivity contribution in [1.29, 1.82) is 0 Å². The molecule has 0 spiro atoms. The van der Waals surface area contributed by atoms with Crippen LogP contribution in [0.25, 0.3) is 0 Å². The van der Waals surface area contributed by atoms with Crippen molar-refractivity contribution in [3.63, 3.8) is 0 Å². The van der Waals surface area contributed by atoms with E-state index in [0.29, 0.717) is 19.7 Å². The van der Waals surface area contributed by atoms with Crippen LogP contribution >= 0.6 is 11.6 Å². The number of sulfonamides is 1. The lowest BCUT2D eigenvalue weighted by Crippen LogP contribution is -2.50. The Morgan fingerprint density at radius 2 is 1.91 bits per heavy atom. The molecule has 6 nitrogen and oxygen atoms in total. The molecule has 0 atom stereocenters. The van der Waals surface area contributed by atoms with Crippen LogP contribution in [0.15, 0.2) is 23.1 Å². The number of amides is 1. The Hall–Kier alpha value is -1.31. The molecule has 1 aromatic carbocycles. The van der Waals surface area contributed by atoms with E-state index in [4.69, 9.17) is 16.3 Å². The zero-order valence-electron chi connectivity index (χ0n) is 12.6. The van der Waals surface area contributed by atoms with Gasteiger partial charge >= 0.3 is 6.09 Å². The van der Waals surface area contributed by atoms with Crippen molar-refractivity contribution in [2.45, 2.75) is 18.7 Å². The lowest BCUT2D eigenvalue weighted by atomic mass is 10.2. The van der Waals surface area contributed by atoms with Crippen molar-refractivity contribution in [2.75, 3.05) is 32.8 Å². The molecule has 0 bridgehead atoms. The van der Waals surface area contributed by atoms with Gasteiger partial charge in [-0.15, -0.1) is 0 Å². The Balaban J connectivity index is 2.11. The van der Waals surface area contributed by atoms with E-state index in [2.05, 4.69) is 0 Å². The van der Waals surface area contributed by atoms with Gasteiger partial charge in [0.05, 0.1) is 11.6 Å². The van der Waals surface area contributed by atoms with Crippen LogP contribution in [-0.2, 0) is 14.8 Å². The molecular formula is C14H19ClN2O4S. The third kappa shape index (κ3) is 3.53. The number of carbonyl (C=O) groups is 1. The average molecular weight is 347 g/mol. The summed E-state index contributed by atoms with van der Waals surface area (Å²) in [7, 11) is -3.65. The third-order valence-electron chi connectivity index (χ3n) is 3.47. The summed E-state index contributed by atoms with van der Waals surface area (Å²) in [5.74, 6) is 0. The van der Waals surface area contributed by atoms with Crippen molar-refractivity contribution < 1.29 is 17.9 Å². The van der Waals surface area contributed by atoms with Crippen molar-refractivity contribution in [1.82, 2.24) is 9.21 Å². The van der Waals surface area contributed by atoms with Crippen molar-refractivity contribution >= 4 is 27.7 Å². The molecule has 1 aliphatic heterocycles. The number of halogens is 1. The summed E-state index contributed by atoms with van der Waals surface area (Å²) in [6.07, 6.45) is -0.409. The minimum atomic E-state index is -3.65. The topological polar surface area (TPSA) is 66.9 Å². The Bertz CT molecular complexity index is 655. The number of benzene rings is 1. The molecule has 0 aromatic heterocycles. The van der Waals surface area contributed by atoms with Gasteiger partial charge in [0, 0.05) is 26.2 Å². The monoisotopic (exact) mass is 346 g/mol. The van der Waals surface area contributed by atoms with E-state index in [1.807, 2.05) is 6.92 Å². The minimum absolute atomic E-state index is 0.101. The van der Waals surface area contributed by atoms with Gasteiger partial charge in [-0.05, 0) is 31.5 Å². The summed E-state index contributed by atoms with van der Waals surface area (Å²) in [4.78, 5) is 13.2. The molecular weight excluding hydrogens is 328 g/mol. The highest BCUT2D eigenvalue weighted by Gasteiger charge is 2.31. The van der Waals surface area contributed by atoms with Crippen molar-refractivity contribution in [3.8, 4) is 0 Å². The zero-order valence-corrected chi connectivity index (χ0v) is 14.2. The molecule has 1 aliphatic rings. The predicted octanol–water partition coefficient (Wildman–Crippen LogP) is 2.11. The third-order valence-corrected chi connectivity index (χ3v) is 5.85. The van der Waals surface area contributed by atoms with Crippen LogP contribution in [0.3, 0.4) is 0 Å². The molecule has 0 N–H and O–H groups in total. The number of hydrogen-bond acceptors (Lipinski definition) is 4. The quantitative estimate of drug-likeness (QED) is 0.840. The summed E-state index contributed by atoms with van der Waals surface area (Å²) in [6.45, 7) is 4.95. The molecule has 1 fully saturated rings. The van der Waals surface area contributed by atoms with Crippen LogP contribution < -0.4 is 0 Å². The maximum absolute atomic E-state index is 12.6. The fourth-order valence-electron chi connectivity index (χ4n) is 2.28. The first kappa shape index (κ1) is 17.1. The van der Waals surface area contributed by atoms with Crippen LogP contribution in [0.1, 0.15) is 12.5 Å². The smallest absolute Gasteiger partial charge is 0.409 e. The highest BCUT2D eigenvalue weighted by atomic mass is 35.5. The highest BCUT2D eigenvalue weighted by Crippen LogP contribution is 2.26. The largest absolute Gasteiger partial charge is 0.450 e. The molecule has 22 heavy (non-hydrogen) atoms. The van der Waals surface area contributed by atoms with Gasteiger partial charge in [-0.1, -0.05) is 17.7 Å². The molecule has 0 unspecified atom stereocenters. The van der Waals surface area contributed by atoms with E-state index >= 15 is 0 Å². The first-order valence-corrected chi connectivity index (χ1v) is 8.86. The van der Waals surface area contributed by atoms with Gasteiger partial charge in [0.15, 0.2) is 0 Å². The summed E-state index contributed by atoms with van der Waals surface area (Å²) in [5.41, 5.74) is 0.899. The summed E-state index contributed by atoms with van der Waals surface area (Å²) in [5, 5.41) is 0.216. The standard InChI is InChI=1S/C14H19ClN2O4S/c1-3-21-14(18)16-6-8-17(9-7-16)22(19,20)13-5-4-11(2)10-12(13)15/h4-5,10H,3,6-9H2,1-2H3. The van der Waals surface area contributed by atoms with Gasteiger partial charge in [-0.3, -0.25) is 0 Å². The van der Waals surface area contributed by atoms with Gasteiger partial charge in [0.25, 0.3) is 0 Å². The number of piperazine rings is 1. The number of rotatable bonds is 3. The average Bonchev–Trinajstić information content (AvgIpc) is 2.47. The molecule has 0 saturated carbocycles. The second-order valence-electron chi connectivity index (χ2n) is 5.02. The molecule has 122 valence electrons. The highest BCUT2D eigenvalue weighted by molar-refractivity contribution is 7.89. The van der Waals surface area contributed by atoms with Gasteiger partial charge < -0.3 is 9.64 Å². The van der Waals surface area contributed by atoms with E-state index in [1.165, 1.54) is 15.3 Å². The van der Waals surface area contributed by atoms with Crippen LogP contribution in [0, 0.1) is 6.92 Å². The van der Waals surface area contributed by atoms with Gasteiger partial charge in [0.1, 0.15) is 4.90 Å². The molecule has 1 amide bonds. The van der Waals surface area contributed by atoms with Crippen LogP contribution in [-0.4, -0.2) is 56.5 Å². The summed E-state index contributed by atoms with van der Waals surface area (Å²) >= 11 is 6.06. The number of ether oxygens (including phenoxy) is 1. The van der Waals surface area contributed by atoms with E-state index < -0.39 is 16.1 Å². The molecule has 1 saturated heterocycles. The van der Waals surface area contributed by atoms with E-state index in [-0.39, 0.29) is 23.0 Å². The Labute approximate surface area is 135 Å². The molecule has 0 aliphatic carbocycles. The van der Waals surface area contributed by atoms with Gasteiger partial charge in [0.2, 0.25) is 10.0 Å². The van der Waals surface area contributed by atoms with Crippen molar-refractivity contribution in [3.05, 3.63) is 28.8 Å². The maximum atomic E-state index is 12.6. The first-order chi connectivity index (χ1) is 10.4. The number of hydrogen-bond donors (Lipinski definition) is 0. The molecule has 2 rings (SSSR count). The minimum Gasteiger partial charge on any atom is -0.450 e. The predicted molar refractivity (Wildman–Crippen MR) is 83.5 cm³/mol. The van der Waals surface area contributed by atoms with E-state index in [9.17, 15) is 13.2 Å². The SMILES string of the molecule is CCOC(=O)N1CCN(S(=O)(=O)c2ccc(C)cc2Cl)CC1. The van der Waals surface area contributed by atoms with Crippen LogP contribution in [0.5, 0.6) is 0 Å². The van der Waals surface area contributed by atoms with Gasteiger partial charge in [-0.2, -0.15) is 4.31 Å². The zero-order chi connectivity index (χ0) is 16.3. The first-order valence-electron chi connectivity index (χ1n) is 7.04.